The summed E-state index contributed by atoms with van der Waals surface area (Å²) in [6.45, 7) is 4.22. The van der Waals surface area contributed by atoms with Gasteiger partial charge in [0, 0.05) is 30.1 Å². The third-order valence-electron chi connectivity index (χ3n) is 2.71. The van der Waals surface area contributed by atoms with Gasteiger partial charge in [-0.3, -0.25) is 10.1 Å². The fourth-order valence-electron chi connectivity index (χ4n) is 1.75. The Kier molecular flexibility index (Phi) is 2.50. The van der Waals surface area contributed by atoms with E-state index in [-0.39, 0.29) is 5.84 Å². The number of rotatable bonds is 4. The Labute approximate surface area is 90.0 Å². The van der Waals surface area contributed by atoms with Crippen LogP contribution in [0.2, 0.25) is 0 Å². The SMILES string of the molecule is CC(C)n1cc(CC(=N)N)c(C2CC2)n1. The molecule has 0 bridgehead atoms. The lowest BCUT2D eigenvalue weighted by atomic mass is 10.1. The fourth-order valence-corrected chi connectivity index (χ4v) is 1.75. The second kappa shape index (κ2) is 3.68. The van der Waals surface area contributed by atoms with Gasteiger partial charge in [-0.1, -0.05) is 0 Å². The van der Waals surface area contributed by atoms with Crippen molar-refractivity contribution < 1.29 is 0 Å². The molecule has 3 N–H and O–H groups in total. The zero-order chi connectivity index (χ0) is 11.0. The highest BCUT2D eigenvalue weighted by Crippen LogP contribution is 2.41. The molecule has 2 rings (SSSR count). The predicted octanol–water partition coefficient (Wildman–Crippen LogP) is 1.82. The zero-order valence-electron chi connectivity index (χ0n) is 9.33. The van der Waals surface area contributed by atoms with Crippen molar-refractivity contribution in [2.75, 3.05) is 0 Å². The van der Waals surface area contributed by atoms with Gasteiger partial charge in [-0.15, -0.1) is 0 Å². The van der Waals surface area contributed by atoms with Gasteiger partial charge in [-0.25, -0.2) is 0 Å². The fraction of sp³-hybridized carbons (Fsp3) is 0.636. The van der Waals surface area contributed by atoms with E-state index in [9.17, 15) is 0 Å². The standard InChI is InChI=1S/C11H18N4/c1-7(2)15-6-9(5-10(12)13)11(14-15)8-3-4-8/h6-8H,3-5H2,1-2H3,(H3,12,13). The summed E-state index contributed by atoms with van der Waals surface area (Å²) in [5.74, 6) is 0.847. The van der Waals surface area contributed by atoms with Crippen molar-refractivity contribution in [2.24, 2.45) is 5.73 Å². The van der Waals surface area contributed by atoms with E-state index < -0.39 is 0 Å². The van der Waals surface area contributed by atoms with Crippen LogP contribution in [0.15, 0.2) is 6.20 Å². The minimum absolute atomic E-state index is 0.222. The highest BCUT2D eigenvalue weighted by atomic mass is 15.3. The third-order valence-corrected chi connectivity index (χ3v) is 2.71. The van der Waals surface area contributed by atoms with Crippen LogP contribution in [0.1, 0.15) is 49.9 Å². The van der Waals surface area contributed by atoms with Crippen LogP contribution in [0.5, 0.6) is 0 Å². The van der Waals surface area contributed by atoms with Gasteiger partial charge >= 0.3 is 0 Å². The second-order valence-electron chi connectivity index (χ2n) is 4.59. The van der Waals surface area contributed by atoms with E-state index in [1.165, 1.54) is 18.5 Å². The molecule has 1 aliphatic carbocycles. The summed E-state index contributed by atoms with van der Waals surface area (Å²) in [7, 11) is 0. The Morgan fingerprint density at radius 1 is 1.67 bits per heavy atom. The minimum atomic E-state index is 0.222. The van der Waals surface area contributed by atoms with E-state index in [1.807, 2.05) is 10.9 Å². The molecule has 4 nitrogen and oxygen atoms in total. The average molecular weight is 206 g/mol. The summed E-state index contributed by atoms with van der Waals surface area (Å²) >= 11 is 0. The maximum Gasteiger partial charge on any atom is 0.0951 e. The highest BCUT2D eigenvalue weighted by molar-refractivity contribution is 5.79. The van der Waals surface area contributed by atoms with Crippen LogP contribution in [0.3, 0.4) is 0 Å². The Morgan fingerprint density at radius 2 is 2.33 bits per heavy atom. The molecule has 0 atom stereocenters. The minimum Gasteiger partial charge on any atom is -0.387 e. The van der Waals surface area contributed by atoms with Gasteiger partial charge in [0.1, 0.15) is 0 Å². The van der Waals surface area contributed by atoms with Crippen molar-refractivity contribution in [3.8, 4) is 0 Å². The molecule has 1 fully saturated rings. The van der Waals surface area contributed by atoms with Crippen LogP contribution in [0.4, 0.5) is 0 Å². The van der Waals surface area contributed by atoms with Crippen LogP contribution >= 0.6 is 0 Å². The second-order valence-corrected chi connectivity index (χ2v) is 4.59. The molecule has 1 heterocycles. The van der Waals surface area contributed by atoms with Gasteiger partial charge in [0.05, 0.1) is 11.5 Å². The van der Waals surface area contributed by atoms with Gasteiger partial charge in [0.15, 0.2) is 0 Å². The van der Waals surface area contributed by atoms with Crippen LogP contribution < -0.4 is 5.73 Å². The predicted molar refractivity (Wildman–Crippen MR) is 60.2 cm³/mol. The van der Waals surface area contributed by atoms with E-state index in [0.717, 1.165) is 5.56 Å². The molecular weight excluding hydrogens is 188 g/mol. The molecule has 1 aromatic rings. The summed E-state index contributed by atoms with van der Waals surface area (Å²) < 4.78 is 1.98. The number of nitrogens with zero attached hydrogens (tertiary/aromatic N) is 2. The number of nitrogens with two attached hydrogens (primary N) is 1. The molecule has 0 radical (unpaired) electrons. The number of nitrogens with one attached hydrogen (secondary N) is 1. The van der Waals surface area contributed by atoms with Gasteiger partial charge < -0.3 is 5.73 Å². The summed E-state index contributed by atoms with van der Waals surface area (Å²) in [5.41, 5.74) is 7.75. The molecule has 1 saturated carbocycles. The van der Waals surface area contributed by atoms with E-state index >= 15 is 0 Å². The molecule has 0 aliphatic heterocycles. The summed E-state index contributed by atoms with van der Waals surface area (Å²) in [6.07, 6.45) is 5.05. The largest absolute Gasteiger partial charge is 0.387 e. The highest BCUT2D eigenvalue weighted by Gasteiger charge is 2.29. The van der Waals surface area contributed by atoms with Crippen LogP contribution in [0, 0.1) is 5.41 Å². The lowest BCUT2D eigenvalue weighted by molar-refractivity contribution is 0.526. The quantitative estimate of drug-likeness (QED) is 0.583. The van der Waals surface area contributed by atoms with Crippen molar-refractivity contribution >= 4 is 5.84 Å². The normalized spacial score (nSPS) is 15.9. The van der Waals surface area contributed by atoms with E-state index in [4.69, 9.17) is 11.1 Å². The topological polar surface area (TPSA) is 67.7 Å². The number of aromatic nitrogens is 2. The average Bonchev–Trinajstić information content (AvgIpc) is 2.88. The molecular formula is C11H18N4. The van der Waals surface area contributed by atoms with Crippen molar-refractivity contribution in [3.05, 3.63) is 17.5 Å². The molecule has 82 valence electrons. The van der Waals surface area contributed by atoms with E-state index in [1.54, 1.807) is 0 Å². The van der Waals surface area contributed by atoms with E-state index in [2.05, 4.69) is 18.9 Å². The molecule has 0 aromatic carbocycles. The zero-order valence-corrected chi connectivity index (χ0v) is 9.33. The van der Waals surface area contributed by atoms with E-state index in [0.29, 0.717) is 18.4 Å². The molecule has 4 heteroatoms. The first-order valence-corrected chi connectivity index (χ1v) is 5.48. The third kappa shape index (κ3) is 2.19. The number of amidine groups is 1. The molecule has 1 aromatic heterocycles. The smallest absolute Gasteiger partial charge is 0.0951 e. The first-order valence-electron chi connectivity index (χ1n) is 5.48. The Bertz CT molecular complexity index is 374. The Morgan fingerprint density at radius 3 is 2.80 bits per heavy atom. The van der Waals surface area contributed by atoms with Crippen LogP contribution in [-0.2, 0) is 6.42 Å². The Balaban J connectivity index is 2.28. The molecule has 0 unspecified atom stereocenters. The van der Waals surface area contributed by atoms with Crippen molar-refractivity contribution in [3.63, 3.8) is 0 Å². The van der Waals surface area contributed by atoms with Gasteiger partial charge in [-0.2, -0.15) is 5.10 Å². The molecule has 1 aliphatic rings. The monoisotopic (exact) mass is 206 g/mol. The van der Waals surface area contributed by atoms with Crippen molar-refractivity contribution in [1.82, 2.24) is 9.78 Å². The first-order chi connectivity index (χ1) is 7.08. The maximum absolute atomic E-state index is 7.35. The summed E-state index contributed by atoms with van der Waals surface area (Å²) in [6, 6.07) is 0.378. The lowest BCUT2D eigenvalue weighted by Crippen LogP contribution is -2.13. The number of hydrogen-bond acceptors (Lipinski definition) is 2. The summed E-state index contributed by atoms with van der Waals surface area (Å²) in [4.78, 5) is 0. The molecule has 0 saturated heterocycles. The van der Waals surface area contributed by atoms with Crippen molar-refractivity contribution in [1.29, 1.82) is 5.41 Å². The van der Waals surface area contributed by atoms with Crippen molar-refractivity contribution in [2.45, 2.75) is 45.1 Å². The van der Waals surface area contributed by atoms with Gasteiger partial charge in [0.2, 0.25) is 0 Å². The maximum atomic E-state index is 7.35. The molecule has 15 heavy (non-hydrogen) atoms. The molecule has 0 spiro atoms. The van der Waals surface area contributed by atoms with Gasteiger partial charge in [-0.05, 0) is 26.7 Å². The Hall–Kier alpha value is -1.32. The van der Waals surface area contributed by atoms with Crippen LogP contribution in [0.25, 0.3) is 0 Å². The lowest BCUT2D eigenvalue weighted by Gasteiger charge is -2.03. The summed E-state index contributed by atoms with van der Waals surface area (Å²) in [5, 5.41) is 11.9. The first kappa shape index (κ1) is 10.2. The molecule has 0 amide bonds. The van der Waals surface area contributed by atoms with Gasteiger partial charge in [0.25, 0.3) is 0 Å². The number of hydrogen-bond donors (Lipinski definition) is 2. The van der Waals surface area contributed by atoms with Crippen LogP contribution in [-0.4, -0.2) is 15.6 Å².